The molecule has 3 rings (SSSR count). The minimum absolute atomic E-state index is 0.236. The molecule has 0 bridgehead atoms. The number of likely N-dealkylation sites (tertiary alicyclic amines) is 1. The second kappa shape index (κ2) is 7.18. The van der Waals surface area contributed by atoms with Gasteiger partial charge in [-0.1, -0.05) is 42.5 Å². The van der Waals surface area contributed by atoms with Crippen molar-refractivity contribution in [2.75, 3.05) is 13.1 Å². The van der Waals surface area contributed by atoms with E-state index in [1.54, 1.807) is 4.90 Å². The fourth-order valence-corrected chi connectivity index (χ4v) is 2.76. The first-order chi connectivity index (χ1) is 11.9. The third-order valence-electron chi connectivity index (χ3n) is 4.11. The maximum absolute atomic E-state index is 12.0. The van der Waals surface area contributed by atoms with Crippen LogP contribution in [0.4, 0.5) is 4.79 Å². The second-order valence-electron chi connectivity index (χ2n) is 7.43. The molecule has 2 aromatic carbocycles. The Labute approximate surface area is 149 Å². The zero-order valence-corrected chi connectivity index (χ0v) is 15.1. The minimum Gasteiger partial charge on any atom is -0.489 e. The number of ether oxygens (including phenoxy) is 2. The molecule has 1 aliphatic heterocycles. The number of nitrogens with zero attached hydrogens (tertiary/aromatic N) is 1. The maximum atomic E-state index is 12.0. The summed E-state index contributed by atoms with van der Waals surface area (Å²) in [6, 6.07) is 18.2. The molecule has 0 aliphatic carbocycles. The van der Waals surface area contributed by atoms with Gasteiger partial charge in [0, 0.05) is 19.0 Å². The van der Waals surface area contributed by atoms with Crippen molar-refractivity contribution in [2.45, 2.75) is 38.9 Å². The summed E-state index contributed by atoms with van der Waals surface area (Å²) in [6.07, 6.45) is -0.236. The third kappa shape index (κ3) is 4.75. The van der Waals surface area contributed by atoms with Crippen LogP contribution in [0.1, 0.15) is 37.8 Å². The molecule has 0 N–H and O–H groups in total. The predicted octanol–water partition coefficient (Wildman–Crippen LogP) is 4.60. The summed E-state index contributed by atoms with van der Waals surface area (Å²) in [5.41, 5.74) is 1.89. The van der Waals surface area contributed by atoms with E-state index in [2.05, 4.69) is 24.3 Å². The molecule has 2 aromatic rings. The molecule has 1 heterocycles. The normalized spacial score (nSPS) is 14.8. The minimum atomic E-state index is -0.451. The van der Waals surface area contributed by atoms with E-state index in [-0.39, 0.29) is 6.09 Å². The number of amides is 1. The number of hydrogen-bond donors (Lipinski definition) is 0. The topological polar surface area (TPSA) is 38.8 Å². The van der Waals surface area contributed by atoms with Gasteiger partial charge < -0.3 is 14.4 Å². The van der Waals surface area contributed by atoms with Crippen LogP contribution in [-0.2, 0) is 11.3 Å². The monoisotopic (exact) mass is 339 g/mol. The summed E-state index contributed by atoms with van der Waals surface area (Å²) >= 11 is 0. The van der Waals surface area contributed by atoms with E-state index in [1.165, 1.54) is 5.56 Å². The van der Waals surface area contributed by atoms with Crippen molar-refractivity contribution in [1.82, 2.24) is 4.90 Å². The predicted molar refractivity (Wildman–Crippen MR) is 97.8 cm³/mol. The summed E-state index contributed by atoms with van der Waals surface area (Å²) in [6.45, 7) is 7.59. The van der Waals surface area contributed by atoms with Crippen molar-refractivity contribution in [1.29, 1.82) is 0 Å². The summed E-state index contributed by atoms with van der Waals surface area (Å²) in [5, 5.41) is 0. The molecule has 4 nitrogen and oxygen atoms in total. The van der Waals surface area contributed by atoms with Crippen LogP contribution in [0.5, 0.6) is 5.75 Å². The number of carbonyl (C=O) groups is 1. The lowest BCUT2D eigenvalue weighted by Crippen LogP contribution is -2.50. The van der Waals surface area contributed by atoms with Gasteiger partial charge in [-0.15, -0.1) is 0 Å². The van der Waals surface area contributed by atoms with E-state index in [9.17, 15) is 4.79 Å². The first-order valence-corrected chi connectivity index (χ1v) is 8.65. The largest absolute Gasteiger partial charge is 0.489 e. The summed E-state index contributed by atoms with van der Waals surface area (Å²) in [7, 11) is 0. The van der Waals surface area contributed by atoms with E-state index < -0.39 is 5.60 Å². The van der Waals surface area contributed by atoms with Gasteiger partial charge in [0.05, 0.1) is 0 Å². The third-order valence-corrected chi connectivity index (χ3v) is 4.11. The van der Waals surface area contributed by atoms with Gasteiger partial charge in [0.25, 0.3) is 0 Å². The molecule has 0 saturated carbocycles. The highest BCUT2D eigenvalue weighted by Gasteiger charge is 2.34. The molecule has 0 radical (unpaired) electrons. The van der Waals surface area contributed by atoms with E-state index in [4.69, 9.17) is 9.47 Å². The van der Waals surface area contributed by atoms with Crippen molar-refractivity contribution in [2.24, 2.45) is 0 Å². The second-order valence-corrected chi connectivity index (χ2v) is 7.43. The van der Waals surface area contributed by atoms with E-state index in [0.29, 0.717) is 25.6 Å². The molecular weight excluding hydrogens is 314 g/mol. The Morgan fingerprint density at radius 1 is 1.08 bits per heavy atom. The van der Waals surface area contributed by atoms with Crippen molar-refractivity contribution in [3.05, 3.63) is 65.7 Å². The summed E-state index contributed by atoms with van der Waals surface area (Å²) in [4.78, 5) is 13.8. The van der Waals surface area contributed by atoms with E-state index in [1.807, 2.05) is 51.1 Å². The average molecular weight is 339 g/mol. The van der Waals surface area contributed by atoms with Crippen LogP contribution < -0.4 is 4.74 Å². The SMILES string of the molecule is CC(C)(C)OC(=O)N1CC(c2cccc(OCc3ccccc3)c2)C1. The van der Waals surface area contributed by atoms with Gasteiger partial charge >= 0.3 is 6.09 Å². The Morgan fingerprint density at radius 3 is 2.48 bits per heavy atom. The lowest BCUT2D eigenvalue weighted by Gasteiger charge is -2.40. The lowest BCUT2D eigenvalue weighted by molar-refractivity contribution is 0.00818. The Bertz CT molecular complexity index is 715. The van der Waals surface area contributed by atoms with Crippen LogP contribution in [0.2, 0.25) is 0 Å². The Morgan fingerprint density at radius 2 is 1.80 bits per heavy atom. The van der Waals surface area contributed by atoms with E-state index in [0.717, 1.165) is 11.3 Å². The first kappa shape index (κ1) is 17.3. The summed E-state index contributed by atoms with van der Waals surface area (Å²) in [5.74, 6) is 1.20. The Hall–Kier alpha value is -2.49. The highest BCUT2D eigenvalue weighted by Crippen LogP contribution is 2.30. The van der Waals surface area contributed by atoms with Crippen molar-refractivity contribution < 1.29 is 14.3 Å². The van der Waals surface area contributed by atoms with Crippen LogP contribution in [0, 0.1) is 0 Å². The molecule has 1 aliphatic rings. The van der Waals surface area contributed by atoms with Crippen LogP contribution in [-0.4, -0.2) is 29.7 Å². The Balaban J connectivity index is 1.54. The van der Waals surface area contributed by atoms with Gasteiger partial charge in [0.15, 0.2) is 0 Å². The van der Waals surface area contributed by atoms with Crippen LogP contribution in [0.3, 0.4) is 0 Å². The van der Waals surface area contributed by atoms with Gasteiger partial charge in [0.2, 0.25) is 0 Å². The molecule has 0 aromatic heterocycles. The van der Waals surface area contributed by atoms with Crippen LogP contribution in [0.25, 0.3) is 0 Å². The van der Waals surface area contributed by atoms with Crippen LogP contribution >= 0.6 is 0 Å². The van der Waals surface area contributed by atoms with Crippen molar-refractivity contribution in [3.8, 4) is 5.75 Å². The van der Waals surface area contributed by atoms with Gasteiger partial charge in [-0.3, -0.25) is 0 Å². The van der Waals surface area contributed by atoms with Crippen molar-refractivity contribution in [3.63, 3.8) is 0 Å². The zero-order chi connectivity index (χ0) is 17.9. The van der Waals surface area contributed by atoms with Gasteiger partial charge in [-0.25, -0.2) is 4.79 Å². The lowest BCUT2D eigenvalue weighted by atomic mass is 9.92. The number of carbonyl (C=O) groups excluding carboxylic acids is 1. The molecule has 0 unspecified atom stereocenters. The van der Waals surface area contributed by atoms with Gasteiger partial charge in [0.1, 0.15) is 18.0 Å². The average Bonchev–Trinajstić information content (AvgIpc) is 2.51. The molecule has 0 atom stereocenters. The maximum Gasteiger partial charge on any atom is 0.410 e. The highest BCUT2D eigenvalue weighted by atomic mass is 16.6. The highest BCUT2D eigenvalue weighted by molar-refractivity contribution is 5.69. The molecular formula is C21H25NO3. The zero-order valence-electron chi connectivity index (χ0n) is 15.1. The smallest absolute Gasteiger partial charge is 0.410 e. The fraction of sp³-hybridized carbons (Fsp3) is 0.381. The van der Waals surface area contributed by atoms with Crippen molar-refractivity contribution >= 4 is 6.09 Å². The number of rotatable bonds is 4. The molecule has 132 valence electrons. The number of hydrogen-bond acceptors (Lipinski definition) is 3. The molecule has 1 saturated heterocycles. The quantitative estimate of drug-likeness (QED) is 0.817. The Kier molecular flexibility index (Phi) is 4.98. The standard InChI is InChI=1S/C21H25NO3/c1-21(2,3)25-20(23)22-13-18(14-22)17-10-7-11-19(12-17)24-15-16-8-5-4-6-9-16/h4-12,18H,13-15H2,1-3H3. The molecule has 1 fully saturated rings. The van der Waals surface area contributed by atoms with E-state index >= 15 is 0 Å². The first-order valence-electron chi connectivity index (χ1n) is 8.65. The number of benzene rings is 2. The molecule has 4 heteroatoms. The van der Waals surface area contributed by atoms with Crippen LogP contribution in [0.15, 0.2) is 54.6 Å². The van der Waals surface area contributed by atoms with Gasteiger partial charge in [-0.05, 0) is 44.0 Å². The van der Waals surface area contributed by atoms with Gasteiger partial charge in [-0.2, -0.15) is 0 Å². The molecule has 0 spiro atoms. The molecule has 1 amide bonds. The fourth-order valence-electron chi connectivity index (χ4n) is 2.76. The molecule has 25 heavy (non-hydrogen) atoms. The summed E-state index contributed by atoms with van der Waals surface area (Å²) < 4.78 is 11.3.